The molecule has 1 aromatic carbocycles. The van der Waals surface area contributed by atoms with Crippen molar-refractivity contribution in [3.05, 3.63) is 30.0 Å². The molecular formula is C14H15F3N2O. The molecule has 1 fully saturated rings. The van der Waals surface area contributed by atoms with Crippen LogP contribution in [-0.2, 0) is 6.18 Å². The van der Waals surface area contributed by atoms with E-state index in [1.165, 1.54) is 18.4 Å². The highest BCUT2D eigenvalue weighted by molar-refractivity contribution is 5.92. The third-order valence-corrected chi connectivity index (χ3v) is 3.71. The largest absolute Gasteiger partial charge is 0.462 e. The van der Waals surface area contributed by atoms with E-state index in [9.17, 15) is 13.2 Å². The van der Waals surface area contributed by atoms with Crippen molar-refractivity contribution in [3.8, 4) is 0 Å². The molecular weight excluding hydrogens is 269 g/mol. The van der Waals surface area contributed by atoms with Gasteiger partial charge in [-0.15, -0.1) is 0 Å². The van der Waals surface area contributed by atoms with Crippen LogP contribution in [0.5, 0.6) is 0 Å². The van der Waals surface area contributed by atoms with Crippen molar-refractivity contribution in [1.29, 1.82) is 0 Å². The Morgan fingerprint density at radius 2 is 2.10 bits per heavy atom. The summed E-state index contributed by atoms with van der Waals surface area (Å²) < 4.78 is 44.3. The molecule has 0 spiro atoms. The van der Waals surface area contributed by atoms with E-state index in [1.807, 2.05) is 6.92 Å². The van der Waals surface area contributed by atoms with E-state index in [1.54, 1.807) is 0 Å². The fraction of sp³-hybridized carbons (Fsp3) is 0.429. The van der Waals surface area contributed by atoms with Gasteiger partial charge in [-0.05, 0) is 25.1 Å². The lowest BCUT2D eigenvalue weighted by atomic mass is 10.1. The molecule has 2 aromatic rings. The van der Waals surface area contributed by atoms with E-state index in [4.69, 9.17) is 4.42 Å². The molecule has 20 heavy (non-hydrogen) atoms. The van der Waals surface area contributed by atoms with Gasteiger partial charge in [0.15, 0.2) is 5.58 Å². The van der Waals surface area contributed by atoms with Crippen molar-refractivity contribution >= 4 is 16.7 Å². The average molecular weight is 284 g/mol. The van der Waals surface area contributed by atoms with Gasteiger partial charge in [-0.1, -0.05) is 0 Å². The number of alkyl halides is 3. The fourth-order valence-electron chi connectivity index (χ4n) is 2.72. The van der Waals surface area contributed by atoms with Crippen LogP contribution in [0.25, 0.3) is 11.0 Å². The molecule has 0 bridgehead atoms. The summed E-state index contributed by atoms with van der Waals surface area (Å²) in [6.45, 7) is 4.41. The monoisotopic (exact) mass is 284 g/mol. The molecule has 3 nitrogen and oxygen atoms in total. The number of benzene rings is 1. The molecule has 1 saturated heterocycles. The van der Waals surface area contributed by atoms with Crippen molar-refractivity contribution < 1.29 is 17.6 Å². The Balaban J connectivity index is 2.12. The summed E-state index contributed by atoms with van der Waals surface area (Å²) >= 11 is 0. The molecule has 1 aromatic heterocycles. The minimum absolute atomic E-state index is 0.126. The van der Waals surface area contributed by atoms with E-state index in [0.717, 1.165) is 31.4 Å². The number of nitrogens with zero attached hydrogens (tertiary/aromatic N) is 1. The summed E-state index contributed by atoms with van der Waals surface area (Å²) in [6, 6.07) is 4.25. The second-order valence-electron chi connectivity index (χ2n) is 5.04. The summed E-state index contributed by atoms with van der Waals surface area (Å²) in [6.07, 6.45) is -3.05. The van der Waals surface area contributed by atoms with Gasteiger partial charge < -0.3 is 14.6 Å². The van der Waals surface area contributed by atoms with E-state index >= 15 is 0 Å². The van der Waals surface area contributed by atoms with Crippen LogP contribution in [0.2, 0.25) is 0 Å². The zero-order chi connectivity index (χ0) is 14.3. The predicted octanol–water partition coefficient (Wildman–Crippen LogP) is 3.25. The van der Waals surface area contributed by atoms with Crippen LogP contribution >= 0.6 is 0 Å². The Morgan fingerprint density at radius 3 is 2.80 bits per heavy atom. The van der Waals surface area contributed by atoms with Crippen LogP contribution in [0, 0.1) is 0 Å². The maximum absolute atomic E-state index is 13.0. The first-order valence-corrected chi connectivity index (χ1v) is 6.53. The van der Waals surface area contributed by atoms with Crippen molar-refractivity contribution in [2.45, 2.75) is 19.1 Å². The number of rotatable bonds is 1. The molecule has 0 radical (unpaired) electrons. The quantitative estimate of drug-likeness (QED) is 0.871. The molecule has 0 amide bonds. The first kappa shape index (κ1) is 13.3. The molecule has 108 valence electrons. The van der Waals surface area contributed by atoms with Crippen molar-refractivity contribution in [2.24, 2.45) is 0 Å². The van der Waals surface area contributed by atoms with Gasteiger partial charge in [0.25, 0.3) is 0 Å². The molecule has 1 atom stereocenters. The van der Waals surface area contributed by atoms with Gasteiger partial charge in [-0.2, -0.15) is 13.2 Å². The number of nitrogens with one attached hydrogen (secondary N) is 1. The van der Waals surface area contributed by atoms with Crippen molar-refractivity contribution in [3.63, 3.8) is 0 Å². The lowest BCUT2D eigenvalue weighted by Crippen LogP contribution is -2.50. The molecule has 3 rings (SSSR count). The highest BCUT2D eigenvalue weighted by atomic mass is 19.4. The van der Waals surface area contributed by atoms with E-state index in [0.29, 0.717) is 5.58 Å². The summed E-state index contributed by atoms with van der Waals surface area (Å²) in [4.78, 5) is 2.09. The van der Waals surface area contributed by atoms with Crippen LogP contribution < -0.4 is 10.2 Å². The third-order valence-electron chi connectivity index (χ3n) is 3.71. The smallest absolute Gasteiger partial charge is 0.417 e. The number of halogens is 3. The first-order valence-electron chi connectivity index (χ1n) is 6.53. The van der Waals surface area contributed by atoms with Gasteiger partial charge in [0.1, 0.15) is 0 Å². The number of piperazine rings is 1. The molecule has 0 saturated carbocycles. The average Bonchev–Trinajstić information content (AvgIpc) is 2.86. The molecule has 1 N–H and O–H groups in total. The molecule has 1 aliphatic rings. The SMILES string of the molecule is C[C@H]1CNCCN1c1ccc(C(F)(F)F)c2ccoc12. The van der Waals surface area contributed by atoms with Crippen LogP contribution in [0.15, 0.2) is 28.9 Å². The maximum Gasteiger partial charge on any atom is 0.417 e. The Hall–Kier alpha value is -1.69. The van der Waals surface area contributed by atoms with Gasteiger partial charge in [0, 0.05) is 31.1 Å². The second-order valence-corrected chi connectivity index (χ2v) is 5.04. The highest BCUT2D eigenvalue weighted by Gasteiger charge is 2.34. The van der Waals surface area contributed by atoms with Gasteiger partial charge in [0.05, 0.1) is 17.5 Å². The topological polar surface area (TPSA) is 28.4 Å². The number of anilines is 1. The van der Waals surface area contributed by atoms with Gasteiger partial charge >= 0.3 is 6.18 Å². The number of furan rings is 1. The van der Waals surface area contributed by atoms with E-state index in [-0.39, 0.29) is 11.4 Å². The Labute approximate surface area is 114 Å². The van der Waals surface area contributed by atoms with Crippen LogP contribution in [0.4, 0.5) is 18.9 Å². The minimum Gasteiger partial charge on any atom is -0.462 e. The molecule has 6 heteroatoms. The first-order chi connectivity index (χ1) is 9.48. The highest BCUT2D eigenvalue weighted by Crippen LogP contribution is 2.39. The minimum atomic E-state index is -4.37. The Morgan fingerprint density at radius 1 is 1.30 bits per heavy atom. The van der Waals surface area contributed by atoms with E-state index in [2.05, 4.69) is 10.2 Å². The van der Waals surface area contributed by atoms with Crippen LogP contribution in [0.3, 0.4) is 0 Å². The molecule has 0 aliphatic carbocycles. The standard InChI is InChI=1S/C14H15F3N2O/c1-9-8-18-5-6-19(9)12-3-2-11(14(15,16)17)10-4-7-20-13(10)12/h2-4,7,9,18H,5-6,8H2,1H3/t9-/m0/s1. The Bertz CT molecular complexity index is 620. The zero-order valence-corrected chi connectivity index (χ0v) is 11.0. The van der Waals surface area contributed by atoms with Crippen molar-refractivity contribution in [2.75, 3.05) is 24.5 Å². The van der Waals surface area contributed by atoms with Crippen molar-refractivity contribution in [1.82, 2.24) is 5.32 Å². The number of hydrogen-bond donors (Lipinski definition) is 1. The predicted molar refractivity (Wildman–Crippen MR) is 70.9 cm³/mol. The normalized spacial score (nSPS) is 20.6. The van der Waals surface area contributed by atoms with E-state index < -0.39 is 11.7 Å². The van der Waals surface area contributed by atoms with Gasteiger partial charge in [-0.25, -0.2) is 0 Å². The van der Waals surface area contributed by atoms with Crippen LogP contribution in [-0.4, -0.2) is 25.7 Å². The zero-order valence-electron chi connectivity index (χ0n) is 11.0. The summed E-state index contributed by atoms with van der Waals surface area (Å²) in [5.41, 5.74) is 0.397. The summed E-state index contributed by atoms with van der Waals surface area (Å²) in [5.74, 6) is 0. The molecule has 1 aliphatic heterocycles. The lowest BCUT2D eigenvalue weighted by Gasteiger charge is -2.36. The maximum atomic E-state index is 13.0. The third kappa shape index (κ3) is 2.14. The Kier molecular flexibility index (Phi) is 3.12. The lowest BCUT2D eigenvalue weighted by molar-refractivity contribution is -0.136. The second kappa shape index (κ2) is 4.70. The van der Waals surface area contributed by atoms with Gasteiger partial charge in [-0.3, -0.25) is 0 Å². The van der Waals surface area contributed by atoms with Crippen LogP contribution in [0.1, 0.15) is 12.5 Å². The molecule has 0 unspecified atom stereocenters. The summed E-state index contributed by atoms with van der Waals surface area (Å²) in [5, 5.41) is 3.39. The molecule has 2 heterocycles. The number of fused-ring (bicyclic) bond motifs is 1. The number of hydrogen-bond acceptors (Lipinski definition) is 3. The van der Waals surface area contributed by atoms with Gasteiger partial charge in [0.2, 0.25) is 0 Å². The fourth-order valence-corrected chi connectivity index (χ4v) is 2.72. The summed E-state index contributed by atoms with van der Waals surface area (Å²) in [7, 11) is 0.